The number of nitrogens with zero attached hydrogens (tertiary/aromatic N) is 4. The first-order valence-corrected chi connectivity index (χ1v) is 11.8. The van der Waals surface area contributed by atoms with Gasteiger partial charge in [-0.15, -0.1) is 0 Å². The van der Waals surface area contributed by atoms with Gasteiger partial charge in [0.25, 0.3) is 0 Å². The first-order valence-electron chi connectivity index (χ1n) is 10.2. The van der Waals surface area contributed by atoms with Crippen molar-refractivity contribution in [1.82, 2.24) is 24.4 Å². The first-order chi connectivity index (χ1) is 15.5. The van der Waals surface area contributed by atoms with Crippen LogP contribution < -0.4 is 15.0 Å². The summed E-state index contributed by atoms with van der Waals surface area (Å²) in [7, 11) is 0. The molecule has 0 radical (unpaired) electrons. The van der Waals surface area contributed by atoms with Crippen molar-refractivity contribution in [2.45, 2.75) is 35.9 Å². The Morgan fingerprint density at radius 1 is 1.38 bits per heavy atom. The molecular weight excluding hydrogens is 500 g/mol. The predicted octanol–water partition coefficient (Wildman–Crippen LogP) is 3.66. The van der Waals surface area contributed by atoms with E-state index in [1.807, 2.05) is 16.7 Å². The average molecular weight is 521 g/mol. The largest absolute Gasteiger partial charge is 0.465 e. The Morgan fingerprint density at radius 3 is 3.00 bits per heavy atom. The van der Waals surface area contributed by atoms with Gasteiger partial charge in [0.05, 0.1) is 6.33 Å². The molecule has 4 heterocycles. The van der Waals surface area contributed by atoms with E-state index in [-0.39, 0.29) is 12.3 Å². The van der Waals surface area contributed by atoms with Gasteiger partial charge in [0.15, 0.2) is 27.8 Å². The lowest BCUT2D eigenvalue weighted by molar-refractivity contribution is 0.117. The average Bonchev–Trinajstić information content (AvgIpc) is 3.41. The topological polar surface area (TPSA) is 129 Å². The van der Waals surface area contributed by atoms with E-state index in [0.29, 0.717) is 53.4 Å². The molecule has 2 aliphatic heterocycles. The number of likely N-dealkylation sites (tertiary alicyclic amines) is 1. The molecule has 2 aliphatic rings. The second-order valence-corrected chi connectivity index (χ2v) is 9.68. The van der Waals surface area contributed by atoms with E-state index in [0.717, 1.165) is 28.6 Å². The molecule has 0 aliphatic carbocycles. The lowest BCUT2D eigenvalue weighted by Gasteiger charge is -2.30. The number of imidazole rings is 1. The summed E-state index contributed by atoms with van der Waals surface area (Å²) in [6, 6.07) is 3.77. The maximum Gasteiger partial charge on any atom is 0.407 e. The quantitative estimate of drug-likeness (QED) is 0.467. The molecule has 168 valence electrons. The van der Waals surface area contributed by atoms with Crippen molar-refractivity contribution in [2.24, 2.45) is 5.92 Å². The number of carboxylic acid groups (broad SMARTS) is 1. The second-order valence-electron chi connectivity index (χ2n) is 7.79. The highest BCUT2D eigenvalue weighted by molar-refractivity contribution is 9.10. The fourth-order valence-corrected chi connectivity index (χ4v) is 5.43. The molecule has 0 bridgehead atoms. The minimum Gasteiger partial charge on any atom is -0.465 e. The van der Waals surface area contributed by atoms with Crippen LogP contribution >= 0.6 is 27.7 Å². The number of piperidine rings is 1. The van der Waals surface area contributed by atoms with Crippen LogP contribution in [0.5, 0.6) is 11.5 Å². The number of H-pyrrole nitrogens is 1. The molecule has 0 unspecified atom stereocenters. The molecule has 2 aromatic heterocycles. The van der Waals surface area contributed by atoms with E-state index in [1.165, 1.54) is 16.7 Å². The van der Waals surface area contributed by atoms with Crippen LogP contribution in [-0.2, 0) is 6.54 Å². The van der Waals surface area contributed by atoms with E-state index in [4.69, 9.17) is 19.9 Å². The van der Waals surface area contributed by atoms with Crippen LogP contribution in [0, 0.1) is 11.3 Å². The lowest BCUT2D eigenvalue weighted by atomic mass is 9.95. The highest BCUT2D eigenvalue weighted by Gasteiger charge is 2.23. The molecule has 0 saturated carbocycles. The molecule has 3 aromatic rings. The van der Waals surface area contributed by atoms with E-state index >= 15 is 0 Å². The number of fused-ring (bicyclic) bond motifs is 2. The third kappa shape index (κ3) is 4.16. The zero-order valence-corrected chi connectivity index (χ0v) is 19.4. The number of benzene rings is 1. The van der Waals surface area contributed by atoms with Crippen LogP contribution in [0.4, 0.5) is 4.79 Å². The molecule has 1 amide bonds. The maximum atomic E-state index is 11.3. The van der Waals surface area contributed by atoms with Crippen molar-refractivity contribution in [3.63, 3.8) is 0 Å². The minimum atomic E-state index is -0.853. The molecular formula is C20H21BrN6O4S. The number of hydrogen-bond acceptors (Lipinski definition) is 7. The van der Waals surface area contributed by atoms with Crippen LogP contribution in [0.15, 0.2) is 33.0 Å². The van der Waals surface area contributed by atoms with Crippen LogP contribution in [0.1, 0.15) is 19.3 Å². The van der Waals surface area contributed by atoms with E-state index in [1.54, 1.807) is 6.33 Å². The number of amides is 1. The van der Waals surface area contributed by atoms with Gasteiger partial charge in [-0.05, 0) is 53.2 Å². The monoisotopic (exact) mass is 520 g/mol. The Morgan fingerprint density at radius 2 is 2.19 bits per heavy atom. The summed E-state index contributed by atoms with van der Waals surface area (Å²) in [6.07, 6.45) is 3.50. The van der Waals surface area contributed by atoms with Gasteiger partial charge in [-0.3, -0.25) is 5.41 Å². The van der Waals surface area contributed by atoms with Crippen molar-refractivity contribution in [3.05, 3.63) is 28.4 Å². The van der Waals surface area contributed by atoms with Gasteiger partial charge >= 0.3 is 6.09 Å². The highest BCUT2D eigenvalue weighted by Crippen LogP contribution is 2.42. The fourth-order valence-electron chi connectivity index (χ4n) is 4.05. The summed E-state index contributed by atoms with van der Waals surface area (Å²) in [6.45, 7) is 2.03. The number of carbonyl (C=O) groups is 1. The molecule has 1 saturated heterocycles. The Balaban J connectivity index is 1.36. The minimum absolute atomic E-state index is 0.134. The Hall–Kier alpha value is -2.73. The van der Waals surface area contributed by atoms with Crippen LogP contribution in [0.3, 0.4) is 0 Å². The van der Waals surface area contributed by atoms with Gasteiger partial charge in [-0.2, -0.15) is 0 Å². The van der Waals surface area contributed by atoms with Crippen molar-refractivity contribution < 1.29 is 19.4 Å². The third-order valence-electron chi connectivity index (χ3n) is 5.70. The number of hydrogen-bond donors (Lipinski definition) is 3. The first kappa shape index (κ1) is 21.1. The molecule has 32 heavy (non-hydrogen) atoms. The van der Waals surface area contributed by atoms with Gasteiger partial charge in [-0.1, -0.05) is 11.8 Å². The van der Waals surface area contributed by atoms with Crippen LogP contribution in [0.25, 0.3) is 11.2 Å². The molecule has 0 spiro atoms. The molecule has 10 nitrogen and oxygen atoms in total. The SMILES string of the molecule is N=c1ncn(CC[C@H]2CCCN(C(=O)O)C2)c2nc(Sc3cc4c(cc3Br)OCO4)[nH]c12. The van der Waals surface area contributed by atoms with Crippen molar-refractivity contribution >= 4 is 44.9 Å². The van der Waals surface area contributed by atoms with E-state index in [2.05, 4.69) is 25.9 Å². The van der Waals surface area contributed by atoms with Gasteiger partial charge in [0.1, 0.15) is 5.52 Å². The molecule has 3 N–H and O–H groups in total. The zero-order valence-electron chi connectivity index (χ0n) is 17.0. The second kappa shape index (κ2) is 8.66. The summed E-state index contributed by atoms with van der Waals surface area (Å²) in [5.41, 5.74) is 1.37. The maximum absolute atomic E-state index is 11.3. The van der Waals surface area contributed by atoms with Crippen LogP contribution in [0.2, 0.25) is 0 Å². The number of rotatable bonds is 5. The zero-order chi connectivity index (χ0) is 22.2. The molecule has 5 rings (SSSR count). The van der Waals surface area contributed by atoms with Gasteiger partial charge in [0.2, 0.25) is 6.79 Å². The predicted molar refractivity (Wildman–Crippen MR) is 119 cm³/mol. The summed E-state index contributed by atoms with van der Waals surface area (Å²) >= 11 is 4.99. The standard InChI is InChI=1S/C20H21BrN6O4S/c21-12-6-13-14(31-10-30-13)7-15(12)32-19-24-16-17(22)23-9-27(18(16)25-19)5-3-11-2-1-4-26(8-11)20(28)29/h6-7,9,11,22H,1-5,8,10H2,(H,24,25)(H,28,29)/t11-/m1/s1. The number of aromatic nitrogens is 4. The fraction of sp³-hybridized carbons (Fsp3) is 0.400. The van der Waals surface area contributed by atoms with E-state index in [9.17, 15) is 9.90 Å². The summed E-state index contributed by atoms with van der Waals surface area (Å²) in [5.74, 6) is 1.69. The summed E-state index contributed by atoms with van der Waals surface area (Å²) < 4.78 is 13.7. The van der Waals surface area contributed by atoms with Crippen molar-refractivity contribution in [1.29, 1.82) is 5.41 Å². The highest BCUT2D eigenvalue weighted by atomic mass is 79.9. The number of ether oxygens (including phenoxy) is 2. The van der Waals surface area contributed by atoms with Crippen molar-refractivity contribution in [3.8, 4) is 11.5 Å². The number of halogens is 1. The number of aryl methyl sites for hydroxylation is 1. The molecule has 1 aromatic carbocycles. The van der Waals surface area contributed by atoms with Gasteiger partial charge in [0, 0.05) is 29.0 Å². The summed E-state index contributed by atoms with van der Waals surface area (Å²) in [5, 5.41) is 18.1. The molecule has 12 heteroatoms. The lowest BCUT2D eigenvalue weighted by Crippen LogP contribution is -2.39. The van der Waals surface area contributed by atoms with Crippen molar-refractivity contribution in [2.75, 3.05) is 19.9 Å². The summed E-state index contributed by atoms with van der Waals surface area (Å²) in [4.78, 5) is 25.8. The van der Waals surface area contributed by atoms with E-state index < -0.39 is 6.09 Å². The number of aromatic amines is 1. The normalized spacial score (nSPS) is 17.8. The van der Waals surface area contributed by atoms with Gasteiger partial charge in [-0.25, -0.2) is 14.8 Å². The molecule has 1 atom stereocenters. The third-order valence-corrected chi connectivity index (χ3v) is 7.56. The Kier molecular flexibility index (Phi) is 5.72. The number of nitrogens with one attached hydrogen (secondary N) is 2. The Labute approximate surface area is 195 Å². The smallest absolute Gasteiger partial charge is 0.407 e. The van der Waals surface area contributed by atoms with Gasteiger partial charge < -0.3 is 29.0 Å². The van der Waals surface area contributed by atoms with Crippen LogP contribution in [-0.4, -0.2) is 55.5 Å². The molecule has 1 fully saturated rings. The Bertz CT molecular complexity index is 1240.